The minimum absolute atomic E-state index is 0.106. The van der Waals surface area contributed by atoms with Crippen molar-refractivity contribution < 1.29 is 4.79 Å². The lowest BCUT2D eigenvalue weighted by molar-refractivity contribution is 0.102. The van der Waals surface area contributed by atoms with Crippen molar-refractivity contribution in [2.24, 2.45) is 0 Å². The molecule has 0 aliphatic rings. The maximum absolute atomic E-state index is 11.2. The van der Waals surface area contributed by atoms with E-state index in [-0.39, 0.29) is 5.78 Å². The van der Waals surface area contributed by atoms with Crippen molar-refractivity contribution in [3.8, 4) is 10.4 Å². The molecular formula is C13H11ClOS. The summed E-state index contributed by atoms with van der Waals surface area (Å²) < 4.78 is 0. The van der Waals surface area contributed by atoms with E-state index in [1.807, 2.05) is 37.3 Å². The molecule has 0 aliphatic carbocycles. The molecule has 0 amide bonds. The Balaban J connectivity index is 2.42. The number of benzene rings is 1. The molecule has 2 aromatic rings. The van der Waals surface area contributed by atoms with E-state index >= 15 is 0 Å². The van der Waals surface area contributed by atoms with Crippen LogP contribution in [0.4, 0.5) is 0 Å². The largest absolute Gasteiger partial charge is 0.294 e. The standard InChI is InChI=1S/C13H11ClOS/c1-8-3-4-10(7-11(8)14)13-6-5-12(16-13)9(2)15/h3-7H,1-2H3. The van der Waals surface area contributed by atoms with E-state index in [1.165, 1.54) is 11.3 Å². The van der Waals surface area contributed by atoms with Gasteiger partial charge >= 0.3 is 0 Å². The smallest absolute Gasteiger partial charge is 0.169 e. The van der Waals surface area contributed by atoms with Gasteiger partial charge in [0.1, 0.15) is 0 Å². The average molecular weight is 251 g/mol. The van der Waals surface area contributed by atoms with Crippen LogP contribution in [0.15, 0.2) is 30.3 Å². The van der Waals surface area contributed by atoms with Gasteiger partial charge in [0, 0.05) is 9.90 Å². The van der Waals surface area contributed by atoms with E-state index < -0.39 is 0 Å². The third-order valence-corrected chi connectivity index (χ3v) is 4.05. The Morgan fingerprint density at radius 3 is 2.56 bits per heavy atom. The number of Topliss-reactive ketones (excluding diaryl/α,β-unsaturated/α-hetero) is 1. The number of ketones is 1. The monoisotopic (exact) mass is 250 g/mol. The maximum atomic E-state index is 11.2. The number of halogens is 1. The van der Waals surface area contributed by atoms with Crippen molar-refractivity contribution >= 4 is 28.7 Å². The van der Waals surface area contributed by atoms with Crippen LogP contribution in [0.3, 0.4) is 0 Å². The Morgan fingerprint density at radius 1 is 1.25 bits per heavy atom. The lowest BCUT2D eigenvalue weighted by Gasteiger charge is -2.01. The van der Waals surface area contributed by atoms with Crippen molar-refractivity contribution in [2.75, 3.05) is 0 Å². The normalized spacial score (nSPS) is 10.4. The lowest BCUT2D eigenvalue weighted by Crippen LogP contribution is -1.83. The fourth-order valence-electron chi connectivity index (χ4n) is 1.43. The van der Waals surface area contributed by atoms with Gasteiger partial charge < -0.3 is 0 Å². The first-order valence-corrected chi connectivity index (χ1v) is 6.14. The molecule has 0 bridgehead atoms. The summed E-state index contributed by atoms with van der Waals surface area (Å²) in [4.78, 5) is 13.1. The van der Waals surface area contributed by atoms with Crippen LogP contribution in [0.25, 0.3) is 10.4 Å². The first kappa shape index (κ1) is 11.4. The van der Waals surface area contributed by atoms with Gasteiger partial charge in [-0.05, 0) is 43.2 Å². The van der Waals surface area contributed by atoms with Gasteiger partial charge in [-0.25, -0.2) is 0 Å². The first-order valence-electron chi connectivity index (χ1n) is 4.95. The van der Waals surface area contributed by atoms with Crippen molar-refractivity contribution in [2.45, 2.75) is 13.8 Å². The van der Waals surface area contributed by atoms with Crippen LogP contribution >= 0.6 is 22.9 Å². The second-order valence-electron chi connectivity index (χ2n) is 3.68. The molecule has 3 heteroatoms. The Kier molecular flexibility index (Phi) is 3.13. The highest BCUT2D eigenvalue weighted by atomic mass is 35.5. The maximum Gasteiger partial charge on any atom is 0.169 e. The van der Waals surface area contributed by atoms with Gasteiger partial charge in [-0.3, -0.25) is 4.79 Å². The molecule has 1 aromatic heterocycles. The Bertz CT molecular complexity index is 543. The number of carbonyl (C=O) groups excluding carboxylic acids is 1. The molecule has 0 radical (unpaired) electrons. The van der Waals surface area contributed by atoms with Gasteiger partial charge in [0.2, 0.25) is 0 Å². The Hall–Kier alpha value is -1.12. The number of hydrogen-bond acceptors (Lipinski definition) is 2. The van der Waals surface area contributed by atoms with Crippen molar-refractivity contribution in [1.29, 1.82) is 0 Å². The number of aryl methyl sites for hydroxylation is 1. The molecule has 0 fully saturated rings. The number of hydrogen-bond donors (Lipinski definition) is 0. The molecule has 1 heterocycles. The second kappa shape index (κ2) is 4.40. The zero-order valence-electron chi connectivity index (χ0n) is 9.08. The molecule has 0 spiro atoms. The second-order valence-corrected chi connectivity index (χ2v) is 5.18. The molecule has 2 rings (SSSR count). The van der Waals surface area contributed by atoms with E-state index in [4.69, 9.17) is 11.6 Å². The van der Waals surface area contributed by atoms with Gasteiger partial charge in [-0.2, -0.15) is 0 Å². The zero-order valence-corrected chi connectivity index (χ0v) is 10.7. The van der Waals surface area contributed by atoms with Crippen LogP contribution < -0.4 is 0 Å². The van der Waals surface area contributed by atoms with Crippen molar-refractivity contribution in [3.05, 3.63) is 45.8 Å². The molecular weight excluding hydrogens is 240 g/mol. The summed E-state index contributed by atoms with van der Waals surface area (Å²) in [6.07, 6.45) is 0. The molecule has 1 nitrogen and oxygen atoms in total. The lowest BCUT2D eigenvalue weighted by atomic mass is 10.1. The summed E-state index contributed by atoms with van der Waals surface area (Å²) in [6.45, 7) is 3.55. The van der Waals surface area contributed by atoms with Crippen molar-refractivity contribution in [1.82, 2.24) is 0 Å². The van der Waals surface area contributed by atoms with E-state index in [2.05, 4.69) is 0 Å². The van der Waals surface area contributed by atoms with Gasteiger partial charge in [-0.15, -0.1) is 11.3 Å². The molecule has 0 saturated heterocycles. The highest BCUT2D eigenvalue weighted by Crippen LogP contribution is 2.31. The third kappa shape index (κ3) is 2.18. The summed E-state index contributed by atoms with van der Waals surface area (Å²) in [5.74, 6) is 0.106. The number of thiophene rings is 1. The summed E-state index contributed by atoms with van der Waals surface area (Å²) >= 11 is 7.57. The Labute approximate surface area is 104 Å². The fourth-order valence-corrected chi connectivity index (χ4v) is 2.51. The van der Waals surface area contributed by atoms with Gasteiger partial charge in [0.05, 0.1) is 4.88 Å². The van der Waals surface area contributed by atoms with Crippen LogP contribution in [0.1, 0.15) is 22.2 Å². The van der Waals surface area contributed by atoms with Gasteiger partial charge in [0.25, 0.3) is 0 Å². The molecule has 16 heavy (non-hydrogen) atoms. The highest BCUT2D eigenvalue weighted by molar-refractivity contribution is 7.17. The van der Waals surface area contributed by atoms with Crippen LogP contribution in [0.2, 0.25) is 5.02 Å². The molecule has 82 valence electrons. The third-order valence-electron chi connectivity index (χ3n) is 2.41. The van der Waals surface area contributed by atoms with Crippen LogP contribution in [0.5, 0.6) is 0 Å². The topological polar surface area (TPSA) is 17.1 Å². The molecule has 0 saturated carbocycles. The van der Waals surface area contributed by atoms with Crippen LogP contribution in [0, 0.1) is 6.92 Å². The number of carbonyl (C=O) groups is 1. The SMILES string of the molecule is CC(=O)c1ccc(-c2ccc(C)c(Cl)c2)s1. The molecule has 0 unspecified atom stereocenters. The predicted molar refractivity (Wildman–Crippen MR) is 69.5 cm³/mol. The predicted octanol–water partition coefficient (Wildman–Crippen LogP) is 4.58. The first-order chi connectivity index (χ1) is 7.58. The van der Waals surface area contributed by atoms with Crippen LogP contribution in [-0.2, 0) is 0 Å². The van der Waals surface area contributed by atoms with Gasteiger partial charge in [0.15, 0.2) is 5.78 Å². The van der Waals surface area contributed by atoms with E-state index in [0.29, 0.717) is 0 Å². The summed E-state index contributed by atoms with van der Waals surface area (Å²) in [7, 11) is 0. The van der Waals surface area contributed by atoms with E-state index in [9.17, 15) is 4.79 Å². The number of rotatable bonds is 2. The van der Waals surface area contributed by atoms with E-state index in [0.717, 1.165) is 25.9 Å². The molecule has 0 N–H and O–H groups in total. The molecule has 0 atom stereocenters. The van der Waals surface area contributed by atoms with Crippen LogP contribution in [-0.4, -0.2) is 5.78 Å². The summed E-state index contributed by atoms with van der Waals surface area (Å²) in [6, 6.07) is 9.77. The average Bonchev–Trinajstić information content (AvgIpc) is 2.71. The minimum atomic E-state index is 0.106. The minimum Gasteiger partial charge on any atom is -0.294 e. The van der Waals surface area contributed by atoms with Crippen molar-refractivity contribution in [3.63, 3.8) is 0 Å². The summed E-state index contributed by atoms with van der Waals surface area (Å²) in [5.41, 5.74) is 2.13. The van der Waals surface area contributed by atoms with Gasteiger partial charge in [-0.1, -0.05) is 23.7 Å². The fraction of sp³-hybridized carbons (Fsp3) is 0.154. The summed E-state index contributed by atoms with van der Waals surface area (Å²) in [5, 5.41) is 0.760. The van der Waals surface area contributed by atoms with E-state index in [1.54, 1.807) is 6.92 Å². The molecule has 0 aliphatic heterocycles. The Morgan fingerprint density at radius 2 is 2.00 bits per heavy atom. The highest BCUT2D eigenvalue weighted by Gasteiger charge is 2.07. The zero-order chi connectivity index (χ0) is 11.7. The molecule has 1 aromatic carbocycles. The quantitative estimate of drug-likeness (QED) is 0.713.